The second kappa shape index (κ2) is 10.6. The van der Waals surface area contributed by atoms with E-state index < -0.39 is 0 Å². The van der Waals surface area contributed by atoms with Crippen LogP contribution in [0, 0.1) is 0 Å². The summed E-state index contributed by atoms with van der Waals surface area (Å²) < 4.78 is 6.34. The molecule has 0 spiro atoms. The smallest absolute Gasteiger partial charge is 0.136 e. The zero-order chi connectivity index (χ0) is 31.6. The van der Waals surface area contributed by atoms with Gasteiger partial charge in [0.25, 0.3) is 0 Å². The second-order valence-electron chi connectivity index (χ2n) is 12.5. The summed E-state index contributed by atoms with van der Waals surface area (Å²) in [5.74, 6) is 0. The van der Waals surface area contributed by atoms with E-state index in [4.69, 9.17) is 4.42 Å². The van der Waals surface area contributed by atoms with Crippen molar-refractivity contribution in [3.8, 4) is 11.1 Å². The molecule has 0 unspecified atom stereocenters. The van der Waals surface area contributed by atoms with Crippen LogP contribution in [0.3, 0.4) is 0 Å². The molecule has 10 aromatic rings. The Balaban J connectivity index is 1.19. The second-order valence-corrected chi connectivity index (χ2v) is 12.5. The molecular formula is C46H29NO. The van der Waals surface area contributed by atoms with E-state index in [1.165, 1.54) is 59.6 Å². The van der Waals surface area contributed by atoms with Gasteiger partial charge in [-0.15, -0.1) is 0 Å². The van der Waals surface area contributed by atoms with Crippen LogP contribution in [-0.2, 0) is 0 Å². The predicted molar refractivity (Wildman–Crippen MR) is 204 cm³/mol. The number of hydrogen-bond donors (Lipinski definition) is 0. The average molecular weight is 612 g/mol. The largest absolute Gasteiger partial charge is 0.456 e. The van der Waals surface area contributed by atoms with Crippen molar-refractivity contribution in [1.29, 1.82) is 0 Å². The molecule has 0 atom stereocenters. The van der Waals surface area contributed by atoms with Gasteiger partial charge < -0.3 is 9.32 Å². The number of nitrogens with zero attached hydrogens (tertiary/aromatic N) is 1. The van der Waals surface area contributed by atoms with Crippen LogP contribution in [0.25, 0.3) is 76.2 Å². The molecule has 2 nitrogen and oxygen atoms in total. The maximum atomic E-state index is 6.34. The Kier molecular flexibility index (Phi) is 5.91. The number of para-hydroxylation sites is 2. The number of benzene rings is 9. The fourth-order valence-electron chi connectivity index (χ4n) is 7.60. The van der Waals surface area contributed by atoms with Crippen molar-refractivity contribution in [2.24, 2.45) is 0 Å². The van der Waals surface area contributed by atoms with Gasteiger partial charge in [0.2, 0.25) is 0 Å². The topological polar surface area (TPSA) is 16.4 Å². The van der Waals surface area contributed by atoms with Gasteiger partial charge in [-0.05, 0) is 109 Å². The van der Waals surface area contributed by atoms with Crippen molar-refractivity contribution < 1.29 is 4.42 Å². The summed E-state index contributed by atoms with van der Waals surface area (Å²) in [6, 6.07) is 63.3. The van der Waals surface area contributed by atoms with E-state index in [1.54, 1.807) is 0 Å². The lowest BCUT2D eigenvalue weighted by Gasteiger charge is -2.26. The highest BCUT2D eigenvalue weighted by Gasteiger charge is 2.18. The third kappa shape index (κ3) is 4.13. The van der Waals surface area contributed by atoms with Crippen molar-refractivity contribution in [1.82, 2.24) is 0 Å². The minimum atomic E-state index is 0.920. The van der Waals surface area contributed by atoms with E-state index in [0.29, 0.717) is 0 Å². The zero-order valence-corrected chi connectivity index (χ0v) is 26.1. The van der Waals surface area contributed by atoms with Gasteiger partial charge in [-0.2, -0.15) is 0 Å². The molecule has 0 aliphatic heterocycles. The molecule has 0 bridgehead atoms. The Hall–Kier alpha value is -6.38. The predicted octanol–water partition coefficient (Wildman–Crippen LogP) is 13.3. The van der Waals surface area contributed by atoms with Crippen molar-refractivity contribution in [3.63, 3.8) is 0 Å². The van der Waals surface area contributed by atoms with Gasteiger partial charge in [0, 0.05) is 33.2 Å². The van der Waals surface area contributed by atoms with Crippen LogP contribution in [0.4, 0.5) is 17.1 Å². The Labute approximate surface area is 277 Å². The molecule has 224 valence electrons. The number of fused-ring (bicyclic) bond motifs is 11. The molecule has 1 aromatic heterocycles. The first-order valence-corrected chi connectivity index (χ1v) is 16.4. The van der Waals surface area contributed by atoms with Gasteiger partial charge in [-0.25, -0.2) is 0 Å². The van der Waals surface area contributed by atoms with Crippen molar-refractivity contribution in [3.05, 3.63) is 176 Å². The molecule has 0 radical (unpaired) electrons. The van der Waals surface area contributed by atoms with Crippen LogP contribution in [-0.4, -0.2) is 0 Å². The molecule has 1 heterocycles. The molecule has 0 amide bonds. The van der Waals surface area contributed by atoms with Gasteiger partial charge in [0.15, 0.2) is 0 Å². The first kappa shape index (κ1) is 26.8. The molecule has 0 fully saturated rings. The Bertz CT molecular complexity index is 2850. The van der Waals surface area contributed by atoms with Crippen LogP contribution in [0.5, 0.6) is 0 Å². The van der Waals surface area contributed by atoms with E-state index >= 15 is 0 Å². The Morgan fingerprint density at radius 1 is 0.312 bits per heavy atom. The van der Waals surface area contributed by atoms with Crippen LogP contribution in [0.1, 0.15) is 0 Å². The van der Waals surface area contributed by atoms with E-state index in [2.05, 4.69) is 175 Å². The Morgan fingerprint density at radius 2 is 0.958 bits per heavy atom. The quantitative estimate of drug-likeness (QED) is 0.184. The van der Waals surface area contributed by atoms with Gasteiger partial charge in [0.05, 0.1) is 0 Å². The first-order valence-electron chi connectivity index (χ1n) is 16.4. The average Bonchev–Trinajstić information content (AvgIpc) is 3.54. The summed E-state index contributed by atoms with van der Waals surface area (Å²) in [4.78, 5) is 2.35. The summed E-state index contributed by atoms with van der Waals surface area (Å²) in [6.07, 6.45) is 0. The van der Waals surface area contributed by atoms with E-state index in [1.807, 2.05) is 6.07 Å². The summed E-state index contributed by atoms with van der Waals surface area (Å²) >= 11 is 0. The lowest BCUT2D eigenvalue weighted by molar-refractivity contribution is 0.669. The highest BCUT2D eigenvalue weighted by molar-refractivity contribution is 6.34. The van der Waals surface area contributed by atoms with Gasteiger partial charge in [-0.1, -0.05) is 115 Å². The maximum Gasteiger partial charge on any atom is 0.136 e. The van der Waals surface area contributed by atoms with Crippen LogP contribution >= 0.6 is 0 Å². The molecule has 0 N–H and O–H groups in total. The molecule has 0 saturated carbocycles. The summed E-state index contributed by atoms with van der Waals surface area (Å²) in [6.45, 7) is 0. The number of anilines is 3. The number of rotatable bonds is 4. The molecule has 9 aromatic carbocycles. The molecule has 0 saturated heterocycles. The zero-order valence-electron chi connectivity index (χ0n) is 26.1. The van der Waals surface area contributed by atoms with E-state index in [9.17, 15) is 0 Å². The Morgan fingerprint density at radius 3 is 1.85 bits per heavy atom. The standard InChI is InChI=1S/C46H29NO/c1-2-14-34(15-3-1)47(36-23-21-30-11-4-5-12-31(30)27-36)35-16-10-13-32(28-35)33-22-24-38-37-17-6-7-18-39(37)45-40(42(38)29-33)25-26-44-46(45)41-19-8-9-20-43(41)48-44/h1-29H. The number of furan rings is 1. The summed E-state index contributed by atoms with van der Waals surface area (Å²) in [5.41, 5.74) is 7.57. The molecule has 0 aliphatic carbocycles. The van der Waals surface area contributed by atoms with Crippen molar-refractivity contribution >= 4 is 82.1 Å². The lowest BCUT2D eigenvalue weighted by Crippen LogP contribution is -2.09. The van der Waals surface area contributed by atoms with Gasteiger partial charge in [-0.3, -0.25) is 0 Å². The van der Waals surface area contributed by atoms with Crippen LogP contribution < -0.4 is 4.90 Å². The fourth-order valence-corrected chi connectivity index (χ4v) is 7.60. The normalized spacial score (nSPS) is 11.8. The lowest BCUT2D eigenvalue weighted by atomic mass is 9.90. The SMILES string of the molecule is c1ccc(N(c2cccc(-c3ccc4c5ccccc5c5c(ccc6oc7ccccc7c65)c4c3)c2)c2ccc3ccccc3c2)cc1. The monoisotopic (exact) mass is 611 g/mol. The van der Waals surface area contributed by atoms with Crippen molar-refractivity contribution in [2.45, 2.75) is 0 Å². The minimum absolute atomic E-state index is 0.920. The molecule has 48 heavy (non-hydrogen) atoms. The molecule has 10 rings (SSSR count). The first-order chi connectivity index (χ1) is 23.8. The fraction of sp³-hybridized carbons (Fsp3) is 0. The van der Waals surface area contributed by atoms with Gasteiger partial charge in [0.1, 0.15) is 11.2 Å². The third-order valence-electron chi connectivity index (χ3n) is 9.78. The minimum Gasteiger partial charge on any atom is -0.456 e. The highest BCUT2D eigenvalue weighted by atomic mass is 16.3. The van der Waals surface area contributed by atoms with E-state index in [-0.39, 0.29) is 0 Å². The highest BCUT2D eigenvalue weighted by Crippen LogP contribution is 2.44. The van der Waals surface area contributed by atoms with Crippen LogP contribution in [0.15, 0.2) is 180 Å². The van der Waals surface area contributed by atoms with Gasteiger partial charge >= 0.3 is 0 Å². The number of hydrogen-bond acceptors (Lipinski definition) is 2. The maximum absolute atomic E-state index is 6.34. The van der Waals surface area contributed by atoms with Crippen molar-refractivity contribution in [2.75, 3.05) is 4.90 Å². The molecular weight excluding hydrogens is 583 g/mol. The molecule has 2 heteroatoms. The third-order valence-corrected chi connectivity index (χ3v) is 9.78. The summed E-state index contributed by atoms with van der Waals surface area (Å²) in [5, 5.41) is 12.3. The van der Waals surface area contributed by atoms with E-state index in [0.717, 1.165) is 33.6 Å². The van der Waals surface area contributed by atoms with Crippen LogP contribution in [0.2, 0.25) is 0 Å². The summed E-state index contributed by atoms with van der Waals surface area (Å²) in [7, 11) is 0. The molecule has 0 aliphatic rings.